The van der Waals surface area contributed by atoms with Crippen molar-refractivity contribution in [3.63, 3.8) is 0 Å². The van der Waals surface area contributed by atoms with Crippen molar-refractivity contribution < 1.29 is 0 Å². The Kier molecular flexibility index (Phi) is 6.74. The van der Waals surface area contributed by atoms with Crippen LogP contribution in [0.4, 0.5) is 0 Å². The molecule has 0 bridgehead atoms. The van der Waals surface area contributed by atoms with E-state index in [9.17, 15) is 0 Å². The Balaban J connectivity index is 2.05. The number of allylic oxidation sites excluding steroid dienone is 1. The maximum Gasteiger partial charge on any atom is 0.00645 e. The van der Waals surface area contributed by atoms with Crippen LogP contribution < -0.4 is 5.32 Å². The van der Waals surface area contributed by atoms with Crippen molar-refractivity contribution in [3.8, 4) is 0 Å². The molecule has 1 heteroatoms. The largest absolute Gasteiger partial charge is 0.314 e. The van der Waals surface area contributed by atoms with Gasteiger partial charge in [0.15, 0.2) is 0 Å². The van der Waals surface area contributed by atoms with Gasteiger partial charge >= 0.3 is 0 Å². The van der Waals surface area contributed by atoms with Gasteiger partial charge < -0.3 is 5.32 Å². The summed E-state index contributed by atoms with van der Waals surface area (Å²) in [5, 5.41) is 3.69. The van der Waals surface area contributed by atoms with Gasteiger partial charge in [-0.1, -0.05) is 38.3 Å². The van der Waals surface area contributed by atoms with E-state index in [-0.39, 0.29) is 0 Å². The van der Waals surface area contributed by atoms with Crippen LogP contribution in [-0.4, -0.2) is 12.6 Å². The van der Waals surface area contributed by atoms with E-state index in [2.05, 4.69) is 25.2 Å². The molecule has 0 aromatic rings. The highest BCUT2D eigenvalue weighted by Crippen LogP contribution is 2.19. The van der Waals surface area contributed by atoms with E-state index in [1.807, 2.05) is 0 Å². The van der Waals surface area contributed by atoms with Gasteiger partial charge in [-0.15, -0.1) is 0 Å². The van der Waals surface area contributed by atoms with Crippen LogP contribution in [0.15, 0.2) is 11.6 Å². The van der Waals surface area contributed by atoms with E-state index < -0.39 is 0 Å². The quantitative estimate of drug-likeness (QED) is 0.595. The Morgan fingerprint density at radius 2 is 2.27 bits per heavy atom. The first kappa shape index (κ1) is 12.8. The van der Waals surface area contributed by atoms with Crippen molar-refractivity contribution in [2.75, 3.05) is 6.54 Å². The van der Waals surface area contributed by atoms with Gasteiger partial charge in [0.05, 0.1) is 0 Å². The summed E-state index contributed by atoms with van der Waals surface area (Å²) in [6.07, 6.45) is 13.1. The molecule has 0 fully saturated rings. The van der Waals surface area contributed by atoms with Crippen LogP contribution in [0, 0.1) is 0 Å². The molecule has 1 nitrogen and oxygen atoms in total. The van der Waals surface area contributed by atoms with Crippen LogP contribution in [0.1, 0.15) is 65.2 Å². The predicted molar refractivity (Wildman–Crippen MR) is 68.2 cm³/mol. The maximum absolute atomic E-state index is 3.69. The van der Waals surface area contributed by atoms with Gasteiger partial charge in [-0.2, -0.15) is 0 Å². The summed E-state index contributed by atoms with van der Waals surface area (Å²) in [6.45, 7) is 5.76. The van der Waals surface area contributed by atoms with E-state index in [0.717, 1.165) is 6.04 Å². The molecule has 1 rings (SSSR count). The zero-order valence-electron chi connectivity index (χ0n) is 10.5. The van der Waals surface area contributed by atoms with Crippen LogP contribution in [0.3, 0.4) is 0 Å². The van der Waals surface area contributed by atoms with Crippen molar-refractivity contribution in [2.24, 2.45) is 0 Å². The summed E-state index contributed by atoms with van der Waals surface area (Å²) in [6, 6.07) is 0.756. The minimum atomic E-state index is 0.756. The van der Waals surface area contributed by atoms with Crippen LogP contribution >= 0.6 is 0 Å². The van der Waals surface area contributed by atoms with Gasteiger partial charge in [0, 0.05) is 6.04 Å². The Bertz CT molecular complexity index is 184. The Hall–Kier alpha value is -0.300. The van der Waals surface area contributed by atoms with E-state index in [0.29, 0.717) is 0 Å². The second-order valence-corrected chi connectivity index (χ2v) is 4.71. The molecule has 0 aliphatic heterocycles. The van der Waals surface area contributed by atoms with E-state index in [1.54, 1.807) is 5.57 Å². The van der Waals surface area contributed by atoms with E-state index in [1.165, 1.54) is 57.9 Å². The van der Waals surface area contributed by atoms with Gasteiger partial charge in [0.2, 0.25) is 0 Å². The van der Waals surface area contributed by atoms with Crippen LogP contribution in [0.5, 0.6) is 0 Å². The number of hydrogen-bond donors (Lipinski definition) is 1. The zero-order chi connectivity index (χ0) is 10.9. The van der Waals surface area contributed by atoms with Crippen molar-refractivity contribution in [1.82, 2.24) is 5.32 Å². The van der Waals surface area contributed by atoms with Gasteiger partial charge in [0.25, 0.3) is 0 Å². The summed E-state index contributed by atoms with van der Waals surface area (Å²) in [4.78, 5) is 0. The van der Waals surface area contributed by atoms with Crippen molar-refractivity contribution in [3.05, 3.63) is 11.6 Å². The van der Waals surface area contributed by atoms with Gasteiger partial charge in [-0.25, -0.2) is 0 Å². The van der Waals surface area contributed by atoms with Gasteiger partial charge in [0.1, 0.15) is 0 Å². The molecule has 1 aliphatic carbocycles. The summed E-state index contributed by atoms with van der Waals surface area (Å²) < 4.78 is 0. The molecule has 0 heterocycles. The second kappa shape index (κ2) is 7.92. The third kappa shape index (κ3) is 5.36. The summed E-state index contributed by atoms with van der Waals surface area (Å²) in [5.74, 6) is 0. The smallest absolute Gasteiger partial charge is 0.00645 e. The third-order valence-corrected chi connectivity index (χ3v) is 3.41. The van der Waals surface area contributed by atoms with Crippen LogP contribution in [-0.2, 0) is 0 Å². The molecule has 1 aliphatic rings. The lowest BCUT2D eigenvalue weighted by atomic mass is 10.1. The third-order valence-electron chi connectivity index (χ3n) is 3.41. The molecule has 88 valence electrons. The Labute approximate surface area is 95.3 Å². The SMILES string of the molecule is CCCCC(CC)NCCC1=CCCC1. The zero-order valence-corrected chi connectivity index (χ0v) is 10.5. The fraction of sp³-hybridized carbons (Fsp3) is 0.857. The molecule has 0 saturated carbocycles. The molecule has 1 unspecified atom stereocenters. The highest BCUT2D eigenvalue weighted by molar-refractivity contribution is 5.07. The predicted octanol–water partition coefficient (Wildman–Crippen LogP) is 4.05. The van der Waals surface area contributed by atoms with Crippen LogP contribution in [0.2, 0.25) is 0 Å². The number of nitrogens with one attached hydrogen (secondary N) is 1. The molecule has 0 radical (unpaired) electrons. The van der Waals surface area contributed by atoms with E-state index in [4.69, 9.17) is 0 Å². The molecule has 1 N–H and O–H groups in total. The van der Waals surface area contributed by atoms with Crippen molar-refractivity contribution >= 4 is 0 Å². The molecule has 1 atom stereocenters. The fourth-order valence-corrected chi connectivity index (χ4v) is 2.30. The minimum Gasteiger partial charge on any atom is -0.314 e. The fourth-order valence-electron chi connectivity index (χ4n) is 2.30. The molecule has 15 heavy (non-hydrogen) atoms. The maximum atomic E-state index is 3.69. The molecule has 0 spiro atoms. The topological polar surface area (TPSA) is 12.0 Å². The molecule has 0 amide bonds. The number of unbranched alkanes of at least 4 members (excludes halogenated alkanes) is 1. The summed E-state index contributed by atoms with van der Waals surface area (Å²) in [7, 11) is 0. The first-order chi connectivity index (χ1) is 7.36. The second-order valence-electron chi connectivity index (χ2n) is 4.71. The summed E-state index contributed by atoms with van der Waals surface area (Å²) in [5.41, 5.74) is 1.69. The lowest BCUT2D eigenvalue weighted by Gasteiger charge is -2.16. The average molecular weight is 209 g/mol. The lowest BCUT2D eigenvalue weighted by molar-refractivity contribution is 0.455. The first-order valence-corrected chi connectivity index (χ1v) is 6.78. The molecule has 0 aromatic heterocycles. The van der Waals surface area contributed by atoms with Crippen molar-refractivity contribution in [2.45, 2.75) is 71.3 Å². The standard InChI is InChI=1S/C14H27N/c1-3-5-10-14(4-2)15-12-11-13-8-6-7-9-13/h8,14-15H,3-7,9-12H2,1-2H3. The van der Waals surface area contributed by atoms with E-state index >= 15 is 0 Å². The normalized spacial score (nSPS) is 17.9. The molecular formula is C14H27N. The Morgan fingerprint density at radius 1 is 1.40 bits per heavy atom. The van der Waals surface area contributed by atoms with Gasteiger partial charge in [-0.3, -0.25) is 0 Å². The molecular weight excluding hydrogens is 182 g/mol. The van der Waals surface area contributed by atoms with Gasteiger partial charge in [-0.05, 0) is 45.1 Å². The Morgan fingerprint density at radius 3 is 2.87 bits per heavy atom. The lowest BCUT2D eigenvalue weighted by Crippen LogP contribution is -2.29. The highest BCUT2D eigenvalue weighted by Gasteiger charge is 2.07. The summed E-state index contributed by atoms with van der Waals surface area (Å²) >= 11 is 0. The minimum absolute atomic E-state index is 0.756. The van der Waals surface area contributed by atoms with Crippen LogP contribution in [0.25, 0.3) is 0 Å². The van der Waals surface area contributed by atoms with Crippen molar-refractivity contribution in [1.29, 1.82) is 0 Å². The molecule has 0 saturated heterocycles. The average Bonchev–Trinajstić information content (AvgIpc) is 2.76. The first-order valence-electron chi connectivity index (χ1n) is 6.78. The highest BCUT2D eigenvalue weighted by atomic mass is 14.9. The molecule has 0 aromatic carbocycles. The monoisotopic (exact) mass is 209 g/mol. The number of hydrogen-bond acceptors (Lipinski definition) is 1. The number of rotatable bonds is 8.